The number of para-hydroxylation sites is 1. The minimum atomic E-state index is 0.131. The fourth-order valence-electron chi connectivity index (χ4n) is 3.00. The van der Waals surface area contributed by atoms with Gasteiger partial charge in [-0.1, -0.05) is 18.2 Å². The van der Waals surface area contributed by atoms with E-state index in [4.69, 9.17) is 0 Å². The molecule has 2 N–H and O–H groups in total. The van der Waals surface area contributed by atoms with E-state index in [0.717, 1.165) is 39.1 Å². The maximum atomic E-state index is 9.61. The number of hydrogen-bond acceptors (Lipinski definition) is 4. The zero-order chi connectivity index (χ0) is 15.4. The smallest absolute Gasteiger partial charge is 0.193 e. The van der Waals surface area contributed by atoms with Gasteiger partial charge in [-0.05, 0) is 25.1 Å². The average Bonchev–Trinajstić information content (AvgIpc) is 2.88. The van der Waals surface area contributed by atoms with Gasteiger partial charge in [-0.3, -0.25) is 9.47 Å². The molecule has 2 aromatic rings. The van der Waals surface area contributed by atoms with E-state index in [0.29, 0.717) is 6.54 Å². The Hall–Kier alpha value is -2.14. The third kappa shape index (κ3) is 3.36. The molecule has 5 nitrogen and oxygen atoms in total. The average molecular weight is 301 g/mol. The molecule has 1 aromatic heterocycles. The predicted octanol–water partition coefficient (Wildman–Crippen LogP) is 2.11. The lowest BCUT2D eigenvalue weighted by atomic mass is 10.2. The molecule has 0 amide bonds. The van der Waals surface area contributed by atoms with Crippen LogP contribution in [0.3, 0.4) is 0 Å². The van der Waals surface area contributed by atoms with Crippen molar-refractivity contribution in [1.29, 1.82) is 0 Å². The Morgan fingerprint density at radius 3 is 2.05 bits per heavy atom. The molecule has 1 saturated heterocycles. The number of aromatic nitrogens is 1. The molecule has 0 saturated carbocycles. The first-order chi connectivity index (χ1) is 10.7. The van der Waals surface area contributed by atoms with Crippen molar-refractivity contribution in [3.05, 3.63) is 42.5 Å². The van der Waals surface area contributed by atoms with Crippen LogP contribution in [0.25, 0.3) is 0 Å². The lowest BCUT2D eigenvalue weighted by molar-refractivity contribution is 0.246. The van der Waals surface area contributed by atoms with Crippen LogP contribution in [0.1, 0.15) is 6.42 Å². The molecule has 0 aliphatic carbocycles. The monoisotopic (exact) mass is 301 g/mol. The van der Waals surface area contributed by atoms with Crippen LogP contribution < -0.4 is 4.90 Å². The second kappa shape index (κ2) is 6.75. The van der Waals surface area contributed by atoms with E-state index in [1.807, 2.05) is 6.07 Å². The lowest BCUT2D eigenvalue weighted by Gasteiger charge is -2.36. The van der Waals surface area contributed by atoms with Crippen molar-refractivity contribution in [2.45, 2.75) is 13.0 Å². The Bertz CT molecular complexity index is 570. The molecular formula is C17H23N3O2. The summed E-state index contributed by atoms with van der Waals surface area (Å²) in [5.74, 6) is 0.262. The van der Waals surface area contributed by atoms with E-state index in [1.54, 1.807) is 4.57 Å². The molecule has 1 fully saturated rings. The largest absolute Gasteiger partial charge is 0.494 e. The number of anilines is 1. The van der Waals surface area contributed by atoms with Gasteiger partial charge in [0, 0.05) is 50.5 Å². The number of aromatic hydroxyl groups is 2. The Morgan fingerprint density at radius 1 is 0.773 bits per heavy atom. The molecule has 0 atom stereocenters. The zero-order valence-electron chi connectivity index (χ0n) is 12.7. The number of rotatable bonds is 5. The summed E-state index contributed by atoms with van der Waals surface area (Å²) < 4.78 is 1.54. The highest BCUT2D eigenvalue weighted by atomic mass is 16.3. The second-order valence-corrected chi connectivity index (χ2v) is 5.72. The molecular weight excluding hydrogens is 278 g/mol. The fourth-order valence-corrected chi connectivity index (χ4v) is 3.00. The maximum Gasteiger partial charge on any atom is 0.193 e. The van der Waals surface area contributed by atoms with Crippen LogP contribution in [-0.2, 0) is 6.54 Å². The molecule has 1 aliphatic heterocycles. The van der Waals surface area contributed by atoms with Crippen molar-refractivity contribution < 1.29 is 10.2 Å². The molecule has 1 aliphatic rings. The first-order valence-electron chi connectivity index (χ1n) is 7.84. The summed E-state index contributed by atoms with van der Waals surface area (Å²) in [5, 5.41) is 19.2. The minimum Gasteiger partial charge on any atom is -0.494 e. The van der Waals surface area contributed by atoms with Gasteiger partial charge in [0.05, 0.1) is 0 Å². The van der Waals surface area contributed by atoms with Crippen LogP contribution in [-0.4, -0.2) is 52.4 Å². The third-order valence-electron chi connectivity index (χ3n) is 4.28. The zero-order valence-corrected chi connectivity index (χ0v) is 12.7. The molecule has 0 bridgehead atoms. The van der Waals surface area contributed by atoms with Gasteiger partial charge in [-0.25, -0.2) is 0 Å². The fraction of sp³-hybridized carbons (Fsp3) is 0.412. The predicted molar refractivity (Wildman–Crippen MR) is 87.5 cm³/mol. The third-order valence-corrected chi connectivity index (χ3v) is 4.28. The topological polar surface area (TPSA) is 51.9 Å². The molecule has 22 heavy (non-hydrogen) atoms. The summed E-state index contributed by atoms with van der Waals surface area (Å²) in [5.41, 5.74) is 1.30. The SMILES string of the molecule is Oc1ccc(O)n1CCCN1CCN(c2ccccc2)CC1. The summed E-state index contributed by atoms with van der Waals surface area (Å²) >= 11 is 0. The number of nitrogens with zero attached hydrogens (tertiary/aromatic N) is 3. The van der Waals surface area contributed by atoms with E-state index in [-0.39, 0.29) is 11.8 Å². The standard InChI is InChI=1S/C17H23N3O2/c21-16-7-8-17(22)20(16)10-4-9-18-11-13-19(14-12-18)15-5-2-1-3-6-15/h1-3,5-8,21-22H,4,9-14H2. The van der Waals surface area contributed by atoms with Crippen molar-refractivity contribution in [3.8, 4) is 11.8 Å². The summed E-state index contributed by atoms with van der Waals surface area (Å²) in [6.07, 6.45) is 0.918. The highest BCUT2D eigenvalue weighted by molar-refractivity contribution is 5.46. The number of benzene rings is 1. The number of hydrogen-bond donors (Lipinski definition) is 2. The molecule has 0 spiro atoms. The quantitative estimate of drug-likeness (QED) is 0.888. The maximum absolute atomic E-state index is 9.61. The van der Waals surface area contributed by atoms with Crippen LogP contribution in [0.15, 0.2) is 42.5 Å². The van der Waals surface area contributed by atoms with E-state index < -0.39 is 0 Å². The van der Waals surface area contributed by atoms with Crippen molar-refractivity contribution in [2.24, 2.45) is 0 Å². The lowest BCUT2D eigenvalue weighted by Crippen LogP contribution is -2.46. The first-order valence-corrected chi connectivity index (χ1v) is 7.84. The highest BCUT2D eigenvalue weighted by Crippen LogP contribution is 2.21. The van der Waals surface area contributed by atoms with Gasteiger partial charge in [-0.2, -0.15) is 0 Å². The van der Waals surface area contributed by atoms with Gasteiger partial charge in [0.2, 0.25) is 0 Å². The van der Waals surface area contributed by atoms with E-state index in [2.05, 4.69) is 34.1 Å². The Morgan fingerprint density at radius 2 is 1.41 bits per heavy atom. The van der Waals surface area contributed by atoms with Gasteiger partial charge >= 0.3 is 0 Å². The van der Waals surface area contributed by atoms with Crippen LogP contribution in [0.4, 0.5) is 5.69 Å². The van der Waals surface area contributed by atoms with Crippen molar-refractivity contribution in [2.75, 3.05) is 37.6 Å². The second-order valence-electron chi connectivity index (χ2n) is 5.72. The molecule has 5 heteroatoms. The van der Waals surface area contributed by atoms with Crippen molar-refractivity contribution in [3.63, 3.8) is 0 Å². The first kappa shape index (κ1) is 14.8. The Kier molecular flexibility index (Phi) is 4.53. The molecule has 2 heterocycles. The van der Waals surface area contributed by atoms with E-state index >= 15 is 0 Å². The Labute approximate surface area is 131 Å². The molecule has 0 unspecified atom stereocenters. The van der Waals surface area contributed by atoms with Crippen molar-refractivity contribution >= 4 is 5.69 Å². The van der Waals surface area contributed by atoms with Crippen LogP contribution >= 0.6 is 0 Å². The van der Waals surface area contributed by atoms with Gasteiger partial charge in [0.15, 0.2) is 11.8 Å². The molecule has 1 aromatic carbocycles. The highest BCUT2D eigenvalue weighted by Gasteiger charge is 2.16. The van der Waals surface area contributed by atoms with Gasteiger partial charge in [0.25, 0.3) is 0 Å². The van der Waals surface area contributed by atoms with Gasteiger partial charge in [-0.15, -0.1) is 0 Å². The summed E-state index contributed by atoms with van der Waals surface area (Å²) in [4.78, 5) is 4.86. The Balaban J connectivity index is 1.43. The van der Waals surface area contributed by atoms with E-state index in [9.17, 15) is 10.2 Å². The summed E-state index contributed by atoms with van der Waals surface area (Å²) in [7, 11) is 0. The van der Waals surface area contributed by atoms with Crippen LogP contribution in [0.2, 0.25) is 0 Å². The molecule has 3 rings (SSSR count). The molecule has 0 radical (unpaired) electrons. The van der Waals surface area contributed by atoms with Crippen LogP contribution in [0.5, 0.6) is 11.8 Å². The normalized spacial score (nSPS) is 16.1. The van der Waals surface area contributed by atoms with Gasteiger partial charge in [0.1, 0.15) is 0 Å². The molecule has 118 valence electrons. The minimum absolute atomic E-state index is 0.131. The van der Waals surface area contributed by atoms with E-state index in [1.165, 1.54) is 17.8 Å². The summed E-state index contributed by atoms with van der Waals surface area (Å²) in [6.45, 7) is 5.83. The van der Waals surface area contributed by atoms with Crippen molar-refractivity contribution in [1.82, 2.24) is 9.47 Å². The number of piperazine rings is 1. The summed E-state index contributed by atoms with van der Waals surface area (Å²) in [6, 6.07) is 13.6. The van der Waals surface area contributed by atoms with Crippen LogP contribution in [0, 0.1) is 0 Å². The van der Waals surface area contributed by atoms with Gasteiger partial charge < -0.3 is 15.1 Å².